The molecule has 1 saturated heterocycles. The normalized spacial score (nSPS) is 33.3. The highest BCUT2D eigenvalue weighted by Gasteiger charge is 2.47. The van der Waals surface area contributed by atoms with Gasteiger partial charge >= 0.3 is 0 Å². The molecule has 2 nitrogen and oxygen atoms in total. The van der Waals surface area contributed by atoms with E-state index in [1.54, 1.807) is 5.57 Å². The number of hydrogen-bond donors (Lipinski definition) is 2. The maximum Gasteiger partial charge on any atom is 0.115 e. The van der Waals surface area contributed by atoms with Crippen molar-refractivity contribution in [3.05, 3.63) is 41.0 Å². The summed E-state index contributed by atoms with van der Waals surface area (Å²) >= 11 is 0. The van der Waals surface area contributed by atoms with E-state index in [1.807, 2.05) is 12.1 Å². The molecule has 0 radical (unpaired) electrons. The lowest BCUT2D eigenvalue weighted by Crippen LogP contribution is -2.54. The van der Waals surface area contributed by atoms with Crippen LogP contribution in [0.2, 0.25) is 0 Å². The highest BCUT2D eigenvalue weighted by molar-refractivity contribution is 5.53. The minimum Gasteiger partial charge on any atom is -0.508 e. The molecule has 1 aromatic rings. The first kappa shape index (κ1) is 10.6. The van der Waals surface area contributed by atoms with Crippen LogP contribution in [0.5, 0.6) is 5.75 Å². The van der Waals surface area contributed by atoms with Crippen molar-refractivity contribution in [1.82, 2.24) is 5.32 Å². The van der Waals surface area contributed by atoms with E-state index in [4.69, 9.17) is 0 Å². The third-order valence-electron chi connectivity index (χ3n) is 5.08. The van der Waals surface area contributed by atoms with Crippen LogP contribution in [0.15, 0.2) is 29.8 Å². The fourth-order valence-corrected chi connectivity index (χ4v) is 4.33. The number of aromatic hydroxyl groups is 1. The van der Waals surface area contributed by atoms with Gasteiger partial charge in [-0.3, -0.25) is 0 Å². The van der Waals surface area contributed by atoms with Gasteiger partial charge in [-0.1, -0.05) is 12.1 Å². The van der Waals surface area contributed by atoms with E-state index in [-0.39, 0.29) is 5.41 Å². The standard InChI is InChI=1S/C16H19NO/c18-12-5-4-11-9-15-13-3-1-2-6-16(13,7-8-17-15)14(11)10-12/h3-5,10,15,17-18H,1-2,6-9H2/t15-,16?/m1/s1. The van der Waals surface area contributed by atoms with Crippen molar-refractivity contribution in [3.63, 3.8) is 0 Å². The van der Waals surface area contributed by atoms with E-state index in [2.05, 4.69) is 17.5 Å². The van der Waals surface area contributed by atoms with E-state index >= 15 is 0 Å². The van der Waals surface area contributed by atoms with Crippen LogP contribution in [0.4, 0.5) is 0 Å². The summed E-state index contributed by atoms with van der Waals surface area (Å²) in [6.07, 6.45) is 8.50. The van der Waals surface area contributed by atoms with Crippen LogP contribution in [0, 0.1) is 0 Å². The van der Waals surface area contributed by atoms with Gasteiger partial charge in [0.2, 0.25) is 0 Å². The van der Waals surface area contributed by atoms with Crippen LogP contribution >= 0.6 is 0 Å². The summed E-state index contributed by atoms with van der Waals surface area (Å²) in [6, 6.07) is 6.52. The Kier molecular flexibility index (Phi) is 2.13. The SMILES string of the molecule is Oc1ccc2c(c1)C13CCCC=C1[C@@H](C2)NCC3. The molecule has 0 spiro atoms. The number of benzene rings is 1. The molecule has 18 heavy (non-hydrogen) atoms. The number of nitrogens with one attached hydrogen (secondary N) is 1. The Morgan fingerprint density at radius 3 is 3.17 bits per heavy atom. The van der Waals surface area contributed by atoms with Gasteiger partial charge in [0.15, 0.2) is 0 Å². The van der Waals surface area contributed by atoms with Crippen molar-refractivity contribution in [1.29, 1.82) is 0 Å². The molecule has 2 aliphatic carbocycles. The quantitative estimate of drug-likeness (QED) is 0.684. The topological polar surface area (TPSA) is 32.3 Å². The van der Waals surface area contributed by atoms with Gasteiger partial charge in [0.25, 0.3) is 0 Å². The lowest BCUT2D eigenvalue weighted by molar-refractivity contribution is 0.286. The number of allylic oxidation sites excluding steroid dienone is 1. The van der Waals surface area contributed by atoms with Crippen molar-refractivity contribution in [3.8, 4) is 5.75 Å². The molecule has 4 rings (SSSR count). The van der Waals surface area contributed by atoms with Gasteiger partial charge in [0, 0.05) is 11.5 Å². The average Bonchev–Trinajstić information content (AvgIpc) is 2.40. The first-order valence-electron chi connectivity index (χ1n) is 7.06. The molecule has 94 valence electrons. The molecule has 1 fully saturated rings. The van der Waals surface area contributed by atoms with Crippen LogP contribution < -0.4 is 5.32 Å². The van der Waals surface area contributed by atoms with Gasteiger partial charge in [-0.2, -0.15) is 0 Å². The zero-order valence-corrected chi connectivity index (χ0v) is 10.6. The van der Waals surface area contributed by atoms with Crippen molar-refractivity contribution >= 4 is 0 Å². The maximum absolute atomic E-state index is 9.84. The fraction of sp³-hybridized carbons (Fsp3) is 0.500. The van der Waals surface area contributed by atoms with Gasteiger partial charge in [0.05, 0.1) is 0 Å². The number of hydrogen-bond acceptors (Lipinski definition) is 2. The Hall–Kier alpha value is -1.28. The summed E-state index contributed by atoms with van der Waals surface area (Å²) in [5.74, 6) is 0.421. The molecule has 2 bridgehead atoms. The largest absolute Gasteiger partial charge is 0.508 e. The number of phenolic OH excluding ortho intramolecular Hbond substituents is 1. The zero-order chi connectivity index (χ0) is 12.2. The monoisotopic (exact) mass is 241 g/mol. The third-order valence-corrected chi connectivity index (χ3v) is 5.08. The molecule has 0 saturated carbocycles. The average molecular weight is 241 g/mol. The molecule has 2 atom stereocenters. The van der Waals surface area contributed by atoms with Crippen molar-refractivity contribution in [2.45, 2.75) is 43.6 Å². The number of phenols is 1. The Balaban J connectivity index is 1.98. The van der Waals surface area contributed by atoms with Gasteiger partial charge < -0.3 is 10.4 Å². The van der Waals surface area contributed by atoms with E-state index in [9.17, 15) is 5.11 Å². The molecule has 1 aromatic carbocycles. The lowest BCUT2D eigenvalue weighted by atomic mass is 9.57. The summed E-state index contributed by atoms with van der Waals surface area (Å²) in [5, 5.41) is 13.5. The zero-order valence-electron chi connectivity index (χ0n) is 10.6. The van der Waals surface area contributed by atoms with Gasteiger partial charge in [0.1, 0.15) is 5.75 Å². The van der Waals surface area contributed by atoms with Gasteiger partial charge in [-0.25, -0.2) is 0 Å². The van der Waals surface area contributed by atoms with E-state index in [0.29, 0.717) is 11.8 Å². The van der Waals surface area contributed by atoms with Crippen LogP contribution in [-0.4, -0.2) is 17.7 Å². The predicted molar refractivity (Wildman–Crippen MR) is 71.8 cm³/mol. The minimum absolute atomic E-state index is 0.237. The number of rotatable bonds is 0. The maximum atomic E-state index is 9.84. The molecule has 0 aromatic heterocycles. The predicted octanol–water partition coefficient (Wildman–Crippen LogP) is 2.66. The molecule has 3 aliphatic rings. The van der Waals surface area contributed by atoms with Crippen LogP contribution in [0.3, 0.4) is 0 Å². The lowest BCUT2D eigenvalue weighted by Gasteiger charge is -2.51. The van der Waals surface area contributed by atoms with Gasteiger partial charge in [-0.15, -0.1) is 0 Å². The number of piperidine rings is 1. The van der Waals surface area contributed by atoms with Crippen LogP contribution in [0.25, 0.3) is 0 Å². The first-order chi connectivity index (χ1) is 8.79. The van der Waals surface area contributed by atoms with Gasteiger partial charge in [-0.05, 0) is 67.5 Å². The minimum atomic E-state index is 0.237. The second-order valence-corrected chi connectivity index (χ2v) is 5.94. The highest BCUT2D eigenvalue weighted by Crippen LogP contribution is 2.51. The van der Waals surface area contributed by atoms with E-state index in [0.717, 1.165) is 13.0 Å². The molecular formula is C16H19NO. The fourth-order valence-electron chi connectivity index (χ4n) is 4.33. The molecule has 2 N–H and O–H groups in total. The van der Waals surface area contributed by atoms with Crippen LogP contribution in [-0.2, 0) is 11.8 Å². The van der Waals surface area contributed by atoms with E-state index in [1.165, 1.54) is 36.8 Å². The van der Waals surface area contributed by atoms with E-state index < -0.39 is 0 Å². The Morgan fingerprint density at radius 1 is 1.28 bits per heavy atom. The first-order valence-corrected chi connectivity index (χ1v) is 7.06. The molecular weight excluding hydrogens is 222 g/mol. The highest BCUT2D eigenvalue weighted by atomic mass is 16.3. The Labute approximate surface area is 108 Å². The third kappa shape index (κ3) is 1.27. The summed E-state index contributed by atoms with van der Waals surface area (Å²) in [4.78, 5) is 0. The Bertz CT molecular complexity index is 534. The molecule has 1 unspecified atom stereocenters. The number of fused-ring (bicyclic) bond motifs is 1. The molecule has 1 aliphatic heterocycles. The summed E-state index contributed by atoms with van der Waals surface area (Å²) < 4.78 is 0. The second kappa shape index (κ2) is 3.61. The van der Waals surface area contributed by atoms with Crippen molar-refractivity contribution in [2.75, 3.05) is 6.54 Å². The molecule has 1 heterocycles. The second-order valence-electron chi connectivity index (χ2n) is 5.94. The van der Waals surface area contributed by atoms with Crippen LogP contribution in [0.1, 0.15) is 36.8 Å². The Morgan fingerprint density at radius 2 is 2.22 bits per heavy atom. The summed E-state index contributed by atoms with van der Waals surface area (Å²) in [5.41, 5.74) is 4.69. The summed E-state index contributed by atoms with van der Waals surface area (Å²) in [7, 11) is 0. The van der Waals surface area contributed by atoms with Crippen molar-refractivity contribution in [2.24, 2.45) is 0 Å². The van der Waals surface area contributed by atoms with Crippen molar-refractivity contribution < 1.29 is 5.11 Å². The molecule has 2 heteroatoms. The molecule has 0 amide bonds. The summed E-state index contributed by atoms with van der Waals surface area (Å²) in [6.45, 7) is 1.11. The smallest absolute Gasteiger partial charge is 0.115 e.